The highest BCUT2D eigenvalue weighted by molar-refractivity contribution is 7.90. The molecule has 0 spiro atoms. The van der Waals surface area contributed by atoms with Gasteiger partial charge < -0.3 is 10.6 Å². The van der Waals surface area contributed by atoms with Gasteiger partial charge in [0.2, 0.25) is 0 Å². The number of nitrogens with zero attached hydrogens (tertiary/aromatic N) is 1. The second-order valence-electron chi connectivity index (χ2n) is 4.80. The molecule has 1 aromatic carbocycles. The number of sulfone groups is 1. The Balaban J connectivity index is 3.36. The van der Waals surface area contributed by atoms with Crippen LogP contribution in [0.4, 0.5) is 24.5 Å². The summed E-state index contributed by atoms with van der Waals surface area (Å²) in [6.07, 6.45) is -3.44. The van der Waals surface area contributed by atoms with Crippen LogP contribution in [0, 0.1) is 0 Å². The van der Waals surface area contributed by atoms with Gasteiger partial charge in [0.25, 0.3) is 0 Å². The van der Waals surface area contributed by atoms with Crippen LogP contribution < -0.4 is 10.6 Å². The van der Waals surface area contributed by atoms with Gasteiger partial charge in [0.1, 0.15) is 6.54 Å². The van der Waals surface area contributed by atoms with E-state index in [2.05, 4.69) is 0 Å². The van der Waals surface area contributed by atoms with Gasteiger partial charge >= 0.3 is 6.18 Å². The summed E-state index contributed by atoms with van der Waals surface area (Å²) in [6.45, 7) is 1.97. The number of rotatable bonds is 4. The van der Waals surface area contributed by atoms with Crippen molar-refractivity contribution in [2.24, 2.45) is 0 Å². The second kappa shape index (κ2) is 5.51. The summed E-state index contributed by atoms with van der Waals surface area (Å²) in [6, 6.07) is 3.57. The summed E-state index contributed by atoms with van der Waals surface area (Å²) >= 11 is 0. The molecule has 1 aromatic rings. The number of nitrogen functional groups attached to an aromatic ring is 1. The lowest BCUT2D eigenvalue weighted by Crippen LogP contribution is -2.39. The summed E-state index contributed by atoms with van der Waals surface area (Å²) in [4.78, 5) is 0.868. The molecule has 0 heterocycles. The predicted molar refractivity (Wildman–Crippen MR) is 72.5 cm³/mol. The highest BCUT2D eigenvalue weighted by atomic mass is 32.2. The maximum absolute atomic E-state index is 12.6. The van der Waals surface area contributed by atoms with Gasteiger partial charge in [-0.25, -0.2) is 8.42 Å². The Hall–Kier alpha value is -1.44. The third-order valence-electron chi connectivity index (χ3n) is 2.72. The molecule has 20 heavy (non-hydrogen) atoms. The molecule has 0 radical (unpaired) electrons. The zero-order valence-electron chi connectivity index (χ0n) is 11.4. The molecule has 0 fully saturated rings. The summed E-state index contributed by atoms with van der Waals surface area (Å²) in [5.74, 6) is 0. The van der Waals surface area contributed by atoms with E-state index in [0.717, 1.165) is 11.2 Å². The molecule has 0 aromatic heterocycles. The topological polar surface area (TPSA) is 63.4 Å². The Labute approximate surface area is 116 Å². The molecule has 0 saturated carbocycles. The van der Waals surface area contributed by atoms with Crippen LogP contribution in [0.2, 0.25) is 0 Å². The van der Waals surface area contributed by atoms with Crippen LogP contribution in [0.1, 0.15) is 13.8 Å². The molecule has 0 aliphatic heterocycles. The first kappa shape index (κ1) is 16.6. The lowest BCUT2D eigenvalue weighted by Gasteiger charge is -2.31. The minimum absolute atomic E-state index is 0.0697. The van der Waals surface area contributed by atoms with Crippen molar-refractivity contribution in [3.8, 4) is 0 Å². The van der Waals surface area contributed by atoms with Gasteiger partial charge in [-0.1, -0.05) is 6.07 Å². The van der Waals surface area contributed by atoms with Crippen molar-refractivity contribution in [3.63, 3.8) is 0 Å². The van der Waals surface area contributed by atoms with Crippen LogP contribution in [0.3, 0.4) is 0 Å². The van der Waals surface area contributed by atoms with Crippen molar-refractivity contribution in [2.75, 3.05) is 23.4 Å². The first-order chi connectivity index (χ1) is 8.93. The fourth-order valence-electron chi connectivity index (χ4n) is 1.85. The summed E-state index contributed by atoms with van der Waals surface area (Å²) in [5, 5.41) is 0. The molecule has 8 heteroatoms. The first-order valence-corrected chi connectivity index (χ1v) is 7.74. The average molecular weight is 310 g/mol. The maximum Gasteiger partial charge on any atom is 0.405 e. The lowest BCUT2D eigenvalue weighted by atomic mass is 10.2. The van der Waals surface area contributed by atoms with Crippen molar-refractivity contribution >= 4 is 21.2 Å². The number of benzene rings is 1. The number of anilines is 2. The van der Waals surface area contributed by atoms with E-state index in [1.165, 1.54) is 18.2 Å². The SMILES string of the molecule is CC(C)N(CC(F)(F)F)c1cccc(S(C)(=O)=O)c1N. The maximum atomic E-state index is 12.6. The van der Waals surface area contributed by atoms with Gasteiger partial charge in [0, 0.05) is 12.3 Å². The first-order valence-electron chi connectivity index (χ1n) is 5.85. The van der Waals surface area contributed by atoms with Crippen LogP contribution in [-0.4, -0.2) is 33.4 Å². The molecule has 0 amide bonds. The van der Waals surface area contributed by atoms with Gasteiger partial charge in [-0.15, -0.1) is 0 Å². The van der Waals surface area contributed by atoms with Crippen LogP contribution in [-0.2, 0) is 9.84 Å². The Morgan fingerprint density at radius 1 is 1.30 bits per heavy atom. The number of hydrogen-bond acceptors (Lipinski definition) is 4. The van der Waals surface area contributed by atoms with Gasteiger partial charge in [-0.05, 0) is 26.0 Å². The quantitative estimate of drug-likeness (QED) is 0.868. The van der Waals surface area contributed by atoms with E-state index < -0.39 is 28.6 Å². The van der Waals surface area contributed by atoms with Crippen molar-refractivity contribution in [1.82, 2.24) is 0 Å². The number of nitrogens with two attached hydrogens (primary N) is 1. The molecule has 0 aliphatic carbocycles. The smallest absolute Gasteiger partial charge is 0.396 e. The van der Waals surface area contributed by atoms with Crippen molar-refractivity contribution in [2.45, 2.75) is 31.0 Å². The molecule has 2 N–H and O–H groups in total. The molecule has 0 bridgehead atoms. The minimum Gasteiger partial charge on any atom is -0.396 e. The Kier molecular flexibility index (Phi) is 4.58. The molecular weight excluding hydrogens is 293 g/mol. The Morgan fingerprint density at radius 2 is 1.85 bits per heavy atom. The molecule has 1 rings (SSSR count). The molecule has 4 nitrogen and oxygen atoms in total. The summed E-state index contributed by atoms with van der Waals surface area (Å²) < 4.78 is 61.0. The summed E-state index contributed by atoms with van der Waals surface area (Å²) in [5.41, 5.74) is 5.65. The average Bonchev–Trinajstić information content (AvgIpc) is 2.23. The van der Waals surface area contributed by atoms with Crippen molar-refractivity contribution in [3.05, 3.63) is 18.2 Å². The molecule has 0 unspecified atom stereocenters. The van der Waals surface area contributed by atoms with Gasteiger partial charge in [0.15, 0.2) is 9.84 Å². The van der Waals surface area contributed by atoms with Gasteiger partial charge in [0.05, 0.1) is 16.3 Å². The number of para-hydroxylation sites is 1. The standard InChI is InChI=1S/C12H17F3N2O2S/c1-8(2)17(7-12(13,14)15)9-5-4-6-10(11(9)16)20(3,18)19/h4-6,8H,7,16H2,1-3H3. The molecular formula is C12H17F3N2O2S. The summed E-state index contributed by atoms with van der Waals surface area (Å²) in [7, 11) is -3.59. The van der Waals surface area contributed by atoms with E-state index in [0.29, 0.717) is 0 Å². The largest absolute Gasteiger partial charge is 0.405 e. The third kappa shape index (κ3) is 4.03. The van der Waals surface area contributed by atoms with E-state index >= 15 is 0 Å². The van der Waals surface area contributed by atoms with Crippen molar-refractivity contribution in [1.29, 1.82) is 0 Å². The van der Waals surface area contributed by atoms with Crippen LogP contribution >= 0.6 is 0 Å². The molecule has 0 atom stereocenters. The Morgan fingerprint density at radius 3 is 2.25 bits per heavy atom. The van der Waals surface area contributed by atoms with E-state index in [1.807, 2.05) is 0 Å². The van der Waals surface area contributed by atoms with Crippen molar-refractivity contribution < 1.29 is 21.6 Å². The van der Waals surface area contributed by atoms with Crippen LogP contribution in [0.5, 0.6) is 0 Å². The van der Waals surface area contributed by atoms with Gasteiger partial charge in [-0.3, -0.25) is 0 Å². The normalized spacial score (nSPS) is 12.8. The number of alkyl halides is 3. The van der Waals surface area contributed by atoms with E-state index in [1.54, 1.807) is 13.8 Å². The van der Waals surface area contributed by atoms with Gasteiger partial charge in [-0.2, -0.15) is 13.2 Å². The fourth-order valence-corrected chi connectivity index (χ4v) is 2.68. The third-order valence-corrected chi connectivity index (χ3v) is 3.88. The predicted octanol–water partition coefficient (Wildman–Crippen LogP) is 2.45. The number of hydrogen-bond donors (Lipinski definition) is 1. The molecule has 0 saturated heterocycles. The second-order valence-corrected chi connectivity index (χ2v) is 6.78. The van der Waals surface area contributed by atoms with Crippen LogP contribution in [0.15, 0.2) is 23.1 Å². The lowest BCUT2D eigenvalue weighted by molar-refractivity contribution is -0.120. The monoisotopic (exact) mass is 310 g/mol. The van der Waals surface area contributed by atoms with E-state index in [9.17, 15) is 21.6 Å². The van der Waals surface area contributed by atoms with E-state index in [4.69, 9.17) is 5.73 Å². The molecule has 114 valence electrons. The van der Waals surface area contributed by atoms with E-state index in [-0.39, 0.29) is 16.3 Å². The zero-order valence-corrected chi connectivity index (χ0v) is 12.2. The molecule has 0 aliphatic rings. The Bertz CT molecular complexity index is 583. The zero-order chi connectivity index (χ0) is 15.7. The minimum atomic E-state index is -4.40. The highest BCUT2D eigenvalue weighted by Crippen LogP contribution is 2.33. The van der Waals surface area contributed by atoms with Crippen LogP contribution in [0.25, 0.3) is 0 Å². The highest BCUT2D eigenvalue weighted by Gasteiger charge is 2.33. The fraction of sp³-hybridized carbons (Fsp3) is 0.500. The number of halogens is 3.